The molecule has 1 saturated carbocycles. The van der Waals surface area contributed by atoms with E-state index in [0.29, 0.717) is 10.9 Å². The van der Waals surface area contributed by atoms with Crippen LogP contribution in [0.15, 0.2) is 0 Å². The van der Waals surface area contributed by atoms with E-state index < -0.39 is 5.54 Å². The highest BCUT2D eigenvalue weighted by Crippen LogP contribution is 2.33. The summed E-state index contributed by atoms with van der Waals surface area (Å²) in [7, 11) is 0. The fourth-order valence-electron chi connectivity index (χ4n) is 2.24. The van der Waals surface area contributed by atoms with Crippen molar-refractivity contribution in [1.82, 2.24) is 5.32 Å². The number of carbonyl (C=O) groups is 1. The molecular formula is C14H26N2OS. The highest BCUT2D eigenvalue weighted by molar-refractivity contribution is 7.80. The van der Waals surface area contributed by atoms with Gasteiger partial charge in [-0.1, -0.05) is 39.9 Å². The summed E-state index contributed by atoms with van der Waals surface area (Å²) in [4.78, 5) is 12.8. The van der Waals surface area contributed by atoms with E-state index in [0.717, 1.165) is 32.1 Å². The molecule has 3 N–H and O–H groups in total. The Bertz CT molecular complexity index is 331. The second kappa shape index (κ2) is 5.55. The SMILES string of the molecule is CCC(C)(C)C(=O)NC1(C(N)=S)CCC(C)CC1. The molecule has 1 aliphatic rings. The lowest BCUT2D eigenvalue weighted by atomic mass is 9.76. The van der Waals surface area contributed by atoms with Gasteiger partial charge in [-0.25, -0.2) is 0 Å². The molecule has 3 nitrogen and oxygen atoms in total. The third-order valence-corrected chi connectivity index (χ3v) is 4.84. The Balaban J connectivity index is 2.82. The second-order valence-corrected chi connectivity index (χ2v) is 6.76. The zero-order valence-corrected chi connectivity index (χ0v) is 12.8. The Hall–Kier alpha value is -0.640. The molecule has 0 radical (unpaired) electrons. The van der Waals surface area contributed by atoms with Gasteiger partial charge < -0.3 is 11.1 Å². The standard InChI is InChI=1S/C14H26N2OS/c1-5-13(3,4)12(17)16-14(11(15)18)8-6-10(2)7-9-14/h10H,5-9H2,1-4H3,(H2,15,18)(H,16,17). The summed E-state index contributed by atoms with van der Waals surface area (Å²) >= 11 is 5.21. The lowest BCUT2D eigenvalue weighted by Gasteiger charge is -2.41. The lowest BCUT2D eigenvalue weighted by molar-refractivity contribution is -0.131. The van der Waals surface area contributed by atoms with Crippen LogP contribution in [0.5, 0.6) is 0 Å². The van der Waals surface area contributed by atoms with Crippen LogP contribution in [0, 0.1) is 11.3 Å². The van der Waals surface area contributed by atoms with Gasteiger partial charge in [0.2, 0.25) is 5.91 Å². The fourth-order valence-corrected chi connectivity index (χ4v) is 2.49. The first-order chi connectivity index (χ1) is 8.23. The lowest BCUT2D eigenvalue weighted by Crippen LogP contribution is -2.60. The summed E-state index contributed by atoms with van der Waals surface area (Å²) < 4.78 is 0. The first-order valence-corrected chi connectivity index (χ1v) is 7.27. The summed E-state index contributed by atoms with van der Waals surface area (Å²) in [5, 5.41) is 3.14. The van der Waals surface area contributed by atoms with Gasteiger partial charge in [-0.05, 0) is 38.0 Å². The van der Waals surface area contributed by atoms with E-state index in [1.54, 1.807) is 0 Å². The van der Waals surface area contributed by atoms with Gasteiger partial charge in [-0.2, -0.15) is 0 Å². The van der Waals surface area contributed by atoms with E-state index >= 15 is 0 Å². The predicted molar refractivity (Wildman–Crippen MR) is 79.4 cm³/mol. The maximum Gasteiger partial charge on any atom is 0.226 e. The maximum absolute atomic E-state index is 12.3. The van der Waals surface area contributed by atoms with Gasteiger partial charge in [0.05, 0.1) is 10.5 Å². The maximum atomic E-state index is 12.3. The molecule has 0 aromatic carbocycles. The molecule has 0 bridgehead atoms. The van der Waals surface area contributed by atoms with Crippen LogP contribution in [0.25, 0.3) is 0 Å². The molecule has 104 valence electrons. The zero-order valence-electron chi connectivity index (χ0n) is 12.0. The molecule has 0 aliphatic heterocycles. The van der Waals surface area contributed by atoms with Gasteiger partial charge in [0, 0.05) is 5.41 Å². The first-order valence-electron chi connectivity index (χ1n) is 6.86. The molecule has 1 fully saturated rings. The van der Waals surface area contributed by atoms with E-state index in [2.05, 4.69) is 12.2 Å². The average Bonchev–Trinajstić information content (AvgIpc) is 2.32. The number of nitrogens with two attached hydrogens (primary N) is 1. The summed E-state index contributed by atoms with van der Waals surface area (Å²) in [5.41, 5.74) is 5.08. The van der Waals surface area contributed by atoms with Crippen LogP contribution in [0.1, 0.15) is 59.8 Å². The number of amides is 1. The van der Waals surface area contributed by atoms with Crippen molar-refractivity contribution in [3.05, 3.63) is 0 Å². The van der Waals surface area contributed by atoms with Gasteiger partial charge in [-0.15, -0.1) is 0 Å². The molecule has 0 spiro atoms. The Morgan fingerprint density at radius 2 is 1.94 bits per heavy atom. The monoisotopic (exact) mass is 270 g/mol. The minimum absolute atomic E-state index is 0.0624. The van der Waals surface area contributed by atoms with Crippen LogP contribution in [-0.4, -0.2) is 16.4 Å². The molecular weight excluding hydrogens is 244 g/mol. The summed E-state index contributed by atoms with van der Waals surface area (Å²) in [5.74, 6) is 0.760. The molecule has 0 heterocycles. The van der Waals surface area contributed by atoms with Crippen LogP contribution in [0.2, 0.25) is 0 Å². The van der Waals surface area contributed by atoms with E-state index in [1.807, 2.05) is 20.8 Å². The van der Waals surface area contributed by atoms with Gasteiger partial charge in [0.1, 0.15) is 0 Å². The summed E-state index contributed by atoms with van der Waals surface area (Å²) in [6.07, 6.45) is 4.70. The largest absolute Gasteiger partial charge is 0.391 e. The van der Waals surface area contributed by atoms with Crippen LogP contribution in [-0.2, 0) is 4.79 Å². The molecule has 1 amide bonds. The van der Waals surface area contributed by atoms with E-state index in [-0.39, 0.29) is 11.3 Å². The van der Waals surface area contributed by atoms with Crippen molar-refractivity contribution in [1.29, 1.82) is 0 Å². The van der Waals surface area contributed by atoms with Crippen molar-refractivity contribution in [2.75, 3.05) is 0 Å². The molecule has 0 atom stereocenters. The smallest absolute Gasteiger partial charge is 0.226 e. The molecule has 0 aromatic heterocycles. The Kier molecular flexibility index (Phi) is 4.76. The molecule has 0 saturated heterocycles. The number of hydrogen-bond acceptors (Lipinski definition) is 2. The van der Waals surface area contributed by atoms with Gasteiger partial charge in [0.15, 0.2) is 0 Å². The second-order valence-electron chi connectivity index (χ2n) is 6.32. The quantitative estimate of drug-likeness (QED) is 0.772. The van der Waals surface area contributed by atoms with Crippen LogP contribution in [0.3, 0.4) is 0 Å². The summed E-state index contributed by atoms with van der Waals surface area (Å²) in [6.45, 7) is 8.18. The minimum Gasteiger partial charge on any atom is -0.391 e. The van der Waals surface area contributed by atoms with Gasteiger partial charge in [0.25, 0.3) is 0 Å². The molecule has 1 aliphatic carbocycles. The topological polar surface area (TPSA) is 55.1 Å². The summed E-state index contributed by atoms with van der Waals surface area (Å²) in [6, 6.07) is 0. The third kappa shape index (κ3) is 3.22. The highest BCUT2D eigenvalue weighted by atomic mass is 32.1. The predicted octanol–water partition coefficient (Wildman–Crippen LogP) is 2.77. The highest BCUT2D eigenvalue weighted by Gasteiger charge is 2.40. The number of rotatable bonds is 4. The van der Waals surface area contributed by atoms with Gasteiger partial charge in [-0.3, -0.25) is 4.79 Å². The van der Waals surface area contributed by atoms with Crippen LogP contribution >= 0.6 is 12.2 Å². The number of nitrogens with one attached hydrogen (secondary N) is 1. The van der Waals surface area contributed by atoms with Crippen molar-refractivity contribution in [3.63, 3.8) is 0 Å². The fraction of sp³-hybridized carbons (Fsp3) is 0.857. The Morgan fingerprint density at radius 3 is 2.33 bits per heavy atom. The van der Waals surface area contributed by atoms with Crippen LogP contribution < -0.4 is 11.1 Å². The van der Waals surface area contributed by atoms with E-state index in [4.69, 9.17) is 18.0 Å². The number of thiocarbonyl (C=S) groups is 1. The van der Waals surface area contributed by atoms with Crippen molar-refractivity contribution < 1.29 is 4.79 Å². The zero-order chi connectivity index (χ0) is 14.0. The molecule has 4 heteroatoms. The minimum atomic E-state index is -0.453. The normalized spacial score (nSPS) is 28.8. The Labute approximate surface area is 116 Å². The van der Waals surface area contributed by atoms with Gasteiger partial charge >= 0.3 is 0 Å². The number of hydrogen-bond donors (Lipinski definition) is 2. The van der Waals surface area contributed by atoms with Crippen molar-refractivity contribution >= 4 is 23.1 Å². The molecule has 0 unspecified atom stereocenters. The van der Waals surface area contributed by atoms with Crippen LogP contribution in [0.4, 0.5) is 0 Å². The Morgan fingerprint density at radius 1 is 1.44 bits per heavy atom. The molecule has 18 heavy (non-hydrogen) atoms. The third-order valence-electron chi connectivity index (χ3n) is 4.45. The number of carbonyl (C=O) groups excluding carboxylic acids is 1. The molecule has 1 rings (SSSR count). The molecule has 0 aromatic rings. The van der Waals surface area contributed by atoms with Crippen molar-refractivity contribution in [3.8, 4) is 0 Å². The van der Waals surface area contributed by atoms with E-state index in [1.165, 1.54) is 0 Å². The van der Waals surface area contributed by atoms with E-state index in [9.17, 15) is 4.79 Å². The van der Waals surface area contributed by atoms with Crippen molar-refractivity contribution in [2.24, 2.45) is 17.1 Å². The average molecular weight is 270 g/mol. The van der Waals surface area contributed by atoms with Crippen molar-refractivity contribution in [2.45, 2.75) is 65.3 Å². The first kappa shape index (κ1) is 15.4.